The van der Waals surface area contributed by atoms with Crippen molar-refractivity contribution in [2.45, 2.75) is 44.9 Å². The Labute approximate surface area is 132 Å². The number of carbonyl (C=O) groups is 2. The predicted molar refractivity (Wildman–Crippen MR) is 83.2 cm³/mol. The van der Waals surface area contributed by atoms with Crippen molar-refractivity contribution >= 4 is 11.8 Å². The average Bonchev–Trinajstić information content (AvgIpc) is 3.39. The minimum absolute atomic E-state index is 0.159. The van der Waals surface area contributed by atoms with Gasteiger partial charge in [0.25, 0.3) is 0 Å². The Hall–Kier alpha value is -1.10. The van der Waals surface area contributed by atoms with Gasteiger partial charge in [0.2, 0.25) is 11.8 Å². The van der Waals surface area contributed by atoms with Gasteiger partial charge in [0.15, 0.2) is 0 Å². The number of hydrogen-bond donors (Lipinski definition) is 1. The molecule has 1 saturated carbocycles. The summed E-state index contributed by atoms with van der Waals surface area (Å²) in [5, 5.41) is 3.08. The number of hydrogen-bond acceptors (Lipinski definition) is 3. The Morgan fingerprint density at radius 1 is 1.05 bits per heavy atom. The fraction of sp³-hybridized carbons (Fsp3) is 0.882. The Morgan fingerprint density at radius 3 is 2.45 bits per heavy atom. The number of nitrogens with zero attached hydrogens (tertiary/aromatic N) is 1. The zero-order chi connectivity index (χ0) is 15.4. The second kappa shape index (κ2) is 7.44. The lowest BCUT2D eigenvalue weighted by Crippen LogP contribution is -2.42. The van der Waals surface area contributed by atoms with E-state index in [9.17, 15) is 9.59 Å². The lowest BCUT2D eigenvalue weighted by Gasteiger charge is -2.32. The molecule has 2 saturated heterocycles. The Bertz CT molecular complexity index is 395. The molecule has 0 aromatic carbocycles. The maximum absolute atomic E-state index is 12.0. The summed E-state index contributed by atoms with van der Waals surface area (Å²) in [5.41, 5.74) is 0. The molecule has 22 heavy (non-hydrogen) atoms. The van der Waals surface area contributed by atoms with E-state index in [1.165, 1.54) is 0 Å². The third-order valence-corrected chi connectivity index (χ3v) is 5.17. The molecule has 3 rings (SSSR count). The summed E-state index contributed by atoms with van der Waals surface area (Å²) in [4.78, 5) is 26.0. The van der Waals surface area contributed by atoms with Crippen LogP contribution in [-0.2, 0) is 14.3 Å². The van der Waals surface area contributed by atoms with Gasteiger partial charge in [-0.05, 0) is 50.4 Å². The first-order chi connectivity index (χ1) is 10.7. The highest BCUT2D eigenvalue weighted by atomic mass is 16.5. The lowest BCUT2D eigenvalue weighted by atomic mass is 9.95. The standard InChI is InChI=1S/C17H28N2O3/c20-16(10-14-2-1-9-22-12-14)18-11-13-5-7-19(8-6-13)17(21)15-3-4-15/h13-15H,1-12H2,(H,18,20)/t14-/m1/s1. The van der Waals surface area contributed by atoms with Gasteiger partial charge in [-0.25, -0.2) is 0 Å². The number of likely N-dealkylation sites (tertiary alicyclic amines) is 1. The maximum atomic E-state index is 12.0. The van der Waals surface area contributed by atoms with Crippen molar-refractivity contribution < 1.29 is 14.3 Å². The largest absolute Gasteiger partial charge is 0.381 e. The molecule has 0 aromatic heterocycles. The van der Waals surface area contributed by atoms with Crippen LogP contribution in [0.5, 0.6) is 0 Å². The molecule has 3 fully saturated rings. The van der Waals surface area contributed by atoms with Crippen LogP contribution >= 0.6 is 0 Å². The smallest absolute Gasteiger partial charge is 0.225 e. The van der Waals surface area contributed by atoms with E-state index in [0.29, 0.717) is 30.1 Å². The second-order valence-electron chi connectivity index (χ2n) is 7.13. The second-order valence-corrected chi connectivity index (χ2v) is 7.13. The molecule has 124 valence electrons. The van der Waals surface area contributed by atoms with Gasteiger partial charge in [-0.2, -0.15) is 0 Å². The van der Waals surface area contributed by atoms with Crippen LogP contribution in [0.1, 0.15) is 44.9 Å². The van der Waals surface area contributed by atoms with Gasteiger partial charge in [-0.15, -0.1) is 0 Å². The molecule has 1 atom stereocenters. The van der Waals surface area contributed by atoms with Crippen molar-refractivity contribution in [2.75, 3.05) is 32.8 Å². The highest BCUT2D eigenvalue weighted by molar-refractivity contribution is 5.81. The Morgan fingerprint density at radius 2 is 1.82 bits per heavy atom. The van der Waals surface area contributed by atoms with Gasteiger partial charge >= 0.3 is 0 Å². The van der Waals surface area contributed by atoms with E-state index in [0.717, 1.165) is 71.4 Å². The van der Waals surface area contributed by atoms with Crippen LogP contribution in [0, 0.1) is 17.8 Å². The van der Waals surface area contributed by atoms with Crippen LogP contribution in [0.15, 0.2) is 0 Å². The number of nitrogens with one attached hydrogen (secondary N) is 1. The normalized spacial score (nSPS) is 26.7. The van der Waals surface area contributed by atoms with Gasteiger partial charge in [0.05, 0.1) is 0 Å². The van der Waals surface area contributed by atoms with Crippen molar-refractivity contribution in [2.24, 2.45) is 17.8 Å². The summed E-state index contributed by atoms with van der Waals surface area (Å²) in [6, 6.07) is 0. The lowest BCUT2D eigenvalue weighted by molar-refractivity contribution is -0.134. The first-order valence-electron chi connectivity index (χ1n) is 8.85. The molecule has 1 aliphatic carbocycles. The van der Waals surface area contributed by atoms with Gasteiger partial charge in [0, 0.05) is 45.2 Å². The Balaban J connectivity index is 1.30. The van der Waals surface area contributed by atoms with E-state index >= 15 is 0 Å². The summed E-state index contributed by atoms with van der Waals surface area (Å²) < 4.78 is 5.42. The maximum Gasteiger partial charge on any atom is 0.225 e. The number of rotatable bonds is 5. The van der Waals surface area contributed by atoms with Crippen LogP contribution in [0.3, 0.4) is 0 Å². The molecule has 1 N–H and O–H groups in total. The van der Waals surface area contributed by atoms with Crippen molar-refractivity contribution in [3.63, 3.8) is 0 Å². The predicted octanol–water partition coefficient (Wildman–Crippen LogP) is 1.57. The van der Waals surface area contributed by atoms with E-state index in [2.05, 4.69) is 5.32 Å². The van der Waals surface area contributed by atoms with Crippen molar-refractivity contribution in [1.82, 2.24) is 10.2 Å². The Kier molecular flexibility index (Phi) is 5.34. The molecule has 0 unspecified atom stereocenters. The number of amides is 2. The summed E-state index contributed by atoms with van der Waals surface area (Å²) in [6.07, 6.45) is 6.98. The van der Waals surface area contributed by atoms with Gasteiger partial charge in [-0.1, -0.05) is 0 Å². The first-order valence-corrected chi connectivity index (χ1v) is 8.85. The van der Waals surface area contributed by atoms with E-state index in [1.807, 2.05) is 4.90 Å². The third kappa shape index (κ3) is 4.45. The molecule has 2 amide bonds. The van der Waals surface area contributed by atoms with E-state index < -0.39 is 0 Å². The highest BCUT2D eigenvalue weighted by Crippen LogP contribution is 2.32. The fourth-order valence-electron chi connectivity index (χ4n) is 3.51. The molecule has 0 spiro atoms. The van der Waals surface area contributed by atoms with Crippen molar-refractivity contribution in [3.8, 4) is 0 Å². The van der Waals surface area contributed by atoms with Crippen LogP contribution in [0.25, 0.3) is 0 Å². The van der Waals surface area contributed by atoms with E-state index in [1.54, 1.807) is 0 Å². The monoisotopic (exact) mass is 308 g/mol. The zero-order valence-corrected chi connectivity index (χ0v) is 13.4. The topological polar surface area (TPSA) is 58.6 Å². The number of carbonyl (C=O) groups excluding carboxylic acids is 2. The summed E-state index contributed by atoms with van der Waals surface area (Å²) in [7, 11) is 0. The molecule has 5 nitrogen and oxygen atoms in total. The summed E-state index contributed by atoms with van der Waals surface area (Å²) in [5.74, 6) is 1.77. The van der Waals surface area contributed by atoms with Gasteiger partial charge in [0.1, 0.15) is 0 Å². The van der Waals surface area contributed by atoms with Crippen molar-refractivity contribution in [1.29, 1.82) is 0 Å². The van der Waals surface area contributed by atoms with Crippen LogP contribution < -0.4 is 5.32 Å². The first kappa shape index (κ1) is 15.8. The highest BCUT2D eigenvalue weighted by Gasteiger charge is 2.34. The number of ether oxygens (including phenoxy) is 1. The summed E-state index contributed by atoms with van der Waals surface area (Å²) >= 11 is 0. The molecular formula is C17H28N2O3. The van der Waals surface area contributed by atoms with Gasteiger partial charge in [-0.3, -0.25) is 9.59 Å². The third-order valence-electron chi connectivity index (χ3n) is 5.17. The molecule has 0 radical (unpaired) electrons. The minimum Gasteiger partial charge on any atom is -0.381 e. The van der Waals surface area contributed by atoms with E-state index in [-0.39, 0.29) is 5.91 Å². The zero-order valence-electron chi connectivity index (χ0n) is 13.4. The molecule has 0 aromatic rings. The minimum atomic E-state index is 0.159. The molecule has 0 bridgehead atoms. The summed E-state index contributed by atoms with van der Waals surface area (Å²) in [6.45, 7) is 4.07. The SMILES string of the molecule is O=C(C[C@H]1CCCOC1)NCC1CCN(C(=O)C2CC2)CC1. The fourth-order valence-corrected chi connectivity index (χ4v) is 3.51. The average molecular weight is 308 g/mol. The molecule has 2 heterocycles. The quantitative estimate of drug-likeness (QED) is 0.838. The molecule has 5 heteroatoms. The van der Waals surface area contributed by atoms with E-state index in [4.69, 9.17) is 4.74 Å². The van der Waals surface area contributed by atoms with Crippen LogP contribution in [0.2, 0.25) is 0 Å². The molecule has 2 aliphatic heterocycles. The molecule has 3 aliphatic rings. The van der Waals surface area contributed by atoms with Gasteiger partial charge < -0.3 is 15.0 Å². The number of piperidine rings is 1. The van der Waals surface area contributed by atoms with Crippen molar-refractivity contribution in [3.05, 3.63) is 0 Å². The van der Waals surface area contributed by atoms with Crippen LogP contribution in [-0.4, -0.2) is 49.6 Å². The van der Waals surface area contributed by atoms with Crippen LogP contribution in [0.4, 0.5) is 0 Å². The molecular weight excluding hydrogens is 280 g/mol.